The van der Waals surface area contributed by atoms with Gasteiger partial charge in [-0.1, -0.05) is 42.5 Å². The number of carbonyl (C=O) groups is 2. The molecule has 5 aromatic rings. The van der Waals surface area contributed by atoms with Gasteiger partial charge in [-0.3, -0.25) is 14.5 Å². The third-order valence-electron chi connectivity index (χ3n) is 7.91. The van der Waals surface area contributed by atoms with Crippen molar-refractivity contribution >= 4 is 28.3 Å². The molecule has 7 heteroatoms. The number of nitrogens with zero attached hydrogens (tertiary/aromatic N) is 3. The maximum atomic E-state index is 14.5. The summed E-state index contributed by atoms with van der Waals surface area (Å²) in [6, 6.07) is 30.3. The Kier molecular flexibility index (Phi) is 7.17. The Hall–Kier alpha value is -5.04. The molecule has 1 unspecified atom stereocenters. The number of carbonyl (C=O) groups excluding carboxylic acids is 2. The zero-order valence-electron chi connectivity index (χ0n) is 24.2. The van der Waals surface area contributed by atoms with E-state index in [0.717, 1.165) is 33.4 Å². The molecule has 0 N–H and O–H groups in total. The maximum absolute atomic E-state index is 14.5. The number of ether oxygens (including phenoxy) is 2. The summed E-state index contributed by atoms with van der Waals surface area (Å²) < 4.78 is 13.5. The summed E-state index contributed by atoms with van der Waals surface area (Å²) >= 11 is 0. The zero-order chi connectivity index (χ0) is 29.4. The van der Waals surface area contributed by atoms with Crippen LogP contribution in [0.4, 0.5) is 5.69 Å². The van der Waals surface area contributed by atoms with E-state index in [1.165, 1.54) is 0 Å². The van der Waals surface area contributed by atoms with Crippen LogP contribution in [0.15, 0.2) is 103 Å². The molecule has 0 spiro atoms. The highest BCUT2D eigenvalue weighted by Gasteiger charge is 2.39. The van der Waals surface area contributed by atoms with E-state index in [9.17, 15) is 9.59 Å². The Labute approximate surface area is 245 Å². The van der Waals surface area contributed by atoms with E-state index in [1.807, 2.05) is 117 Å². The summed E-state index contributed by atoms with van der Waals surface area (Å²) in [5, 5.41) is 2.04. The molecular weight excluding hydrogens is 526 g/mol. The van der Waals surface area contributed by atoms with Gasteiger partial charge >= 0.3 is 0 Å². The maximum Gasteiger partial charge on any atom is 0.254 e. The topological polar surface area (TPSA) is 64.0 Å². The monoisotopic (exact) mass is 559 g/mol. The van der Waals surface area contributed by atoms with Gasteiger partial charge < -0.3 is 18.9 Å². The van der Waals surface area contributed by atoms with Crippen LogP contribution < -0.4 is 14.4 Å². The molecule has 1 aliphatic rings. The van der Waals surface area contributed by atoms with E-state index in [2.05, 4.69) is 4.57 Å². The first kappa shape index (κ1) is 27.1. The summed E-state index contributed by atoms with van der Waals surface area (Å²) in [5.41, 5.74) is 3.89. The lowest BCUT2D eigenvalue weighted by atomic mass is 9.96. The van der Waals surface area contributed by atoms with E-state index in [0.29, 0.717) is 17.1 Å². The molecule has 2 amide bonds. The van der Waals surface area contributed by atoms with Crippen molar-refractivity contribution in [2.45, 2.75) is 25.9 Å². The number of aromatic nitrogens is 1. The van der Waals surface area contributed by atoms with Crippen LogP contribution in [-0.4, -0.2) is 48.1 Å². The Balaban J connectivity index is 1.44. The largest absolute Gasteiger partial charge is 0.497 e. The van der Waals surface area contributed by atoms with Crippen molar-refractivity contribution in [1.29, 1.82) is 0 Å². The minimum Gasteiger partial charge on any atom is -0.497 e. The normalized spacial score (nSPS) is 13.9. The van der Waals surface area contributed by atoms with Crippen molar-refractivity contribution in [3.8, 4) is 17.2 Å². The molecule has 0 fully saturated rings. The van der Waals surface area contributed by atoms with Gasteiger partial charge in [0.1, 0.15) is 24.1 Å². The lowest BCUT2D eigenvalue weighted by Crippen LogP contribution is -2.48. The van der Waals surface area contributed by atoms with Gasteiger partial charge in [0.15, 0.2) is 0 Å². The zero-order valence-corrected chi connectivity index (χ0v) is 24.2. The average Bonchev–Trinajstić information content (AvgIpc) is 3.52. The number of benzene rings is 4. The summed E-state index contributed by atoms with van der Waals surface area (Å²) in [6.07, 6.45) is 2.00. The Morgan fingerprint density at radius 1 is 0.810 bits per heavy atom. The third-order valence-corrected chi connectivity index (χ3v) is 7.91. The Morgan fingerprint density at radius 3 is 2.29 bits per heavy atom. The van der Waals surface area contributed by atoms with Gasteiger partial charge in [-0.25, -0.2) is 0 Å². The van der Waals surface area contributed by atoms with Crippen LogP contribution in [0.3, 0.4) is 0 Å². The summed E-state index contributed by atoms with van der Waals surface area (Å²) in [6.45, 7) is 3.77. The Morgan fingerprint density at radius 2 is 1.55 bits per heavy atom. The molecule has 0 bridgehead atoms. The summed E-state index contributed by atoms with van der Waals surface area (Å²) in [4.78, 5) is 31.9. The van der Waals surface area contributed by atoms with Crippen molar-refractivity contribution in [3.63, 3.8) is 0 Å². The van der Waals surface area contributed by atoms with Gasteiger partial charge in [-0.15, -0.1) is 0 Å². The molecule has 0 saturated heterocycles. The number of methoxy groups -OCH3 is 2. The molecular formula is C35H33N3O4. The van der Waals surface area contributed by atoms with Gasteiger partial charge in [-0.05, 0) is 79.2 Å². The lowest BCUT2D eigenvalue weighted by molar-refractivity contribution is -0.120. The predicted molar refractivity (Wildman–Crippen MR) is 165 cm³/mol. The van der Waals surface area contributed by atoms with Crippen molar-refractivity contribution in [2.24, 2.45) is 0 Å². The number of para-hydroxylation sites is 2. The quantitative estimate of drug-likeness (QED) is 0.224. The van der Waals surface area contributed by atoms with Crippen LogP contribution in [0.5, 0.6) is 11.5 Å². The molecule has 0 aliphatic carbocycles. The molecule has 2 heterocycles. The van der Waals surface area contributed by atoms with Gasteiger partial charge in [-0.2, -0.15) is 0 Å². The fourth-order valence-corrected chi connectivity index (χ4v) is 5.81. The number of fused-ring (bicyclic) bond motifs is 4. The van der Waals surface area contributed by atoms with Crippen molar-refractivity contribution in [1.82, 2.24) is 9.47 Å². The highest BCUT2D eigenvalue weighted by atomic mass is 16.5. The van der Waals surface area contributed by atoms with Gasteiger partial charge in [0, 0.05) is 23.4 Å². The molecule has 42 heavy (non-hydrogen) atoms. The second-order valence-electron chi connectivity index (χ2n) is 10.7. The van der Waals surface area contributed by atoms with Crippen molar-refractivity contribution in [2.75, 3.05) is 25.7 Å². The van der Waals surface area contributed by atoms with Gasteiger partial charge in [0.2, 0.25) is 5.91 Å². The van der Waals surface area contributed by atoms with Crippen LogP contribution >= 0.6 is 0 Å². The van der Waals surface area contributed by atoms with Crippen LogP contribution in [-0.2, 0) is 4.79 Å². The second-order valence-corrected chi connectivity index (χ2v) is 10.7. The Bertz CT molecular complexity index is 1790. The molecule has 0 radical (unpaired) electrons. The van der Waals surface area contributed by atoms with Crippen LogP contribution in [0.25, 0.3) is 16.5 Å². The van der Waals surface area contributed by atoms with Crippen LogP contribution in [0.1, 0.15) is 41.5 Å². The fourth-order valence-electron chi connectivity index (χ4n) is 5.81. The van der Waals surface area contributed by atoms with Crippen LogP contribution in [0, 0.1) is 0 Å². The molecule has 0 saturated carbocycles. The first-order chi connectivity index (χ1) is 20.4. The smallest absolute Gasteiger partial charge is 0.254 e. The predicted octanol–water partition coefficient (Wildman–Crippen LogP) is 6.63. The first-order valence-corrected chi connectivity index (χ1v) is 14.0. The number of rotatable bonds is 7. The minimum absolute atomic E-state index is 0.0961. The van der Waals surface area contributed by atoms with E-state index in [4.69, 9.17) is 9.47 Å². The standard InChI is InChI=1S/C35H33N3O4/c1-23(2)37(35(40)26-16-15-24-10-5-6-11-25(24)20-26)22-33(39)38-30-13-8-7-12-29(30)36-19-9-14-31(36)34(38)28-21-27(41-3)17-18-32(28)42-4/h5-21,23,34H,22H2,1-4H3. The van der Waals surface area contributed by atoms with E-state index < -0.39 is 6.04 Å². The van der Waals surface area contributed by atoms with Crippen LogP contribution in [0.2, 0.25) is 0 Å². The molecule has 1 aromatic heterocycles. The highest BCUT2D eigenvalue weighted by Crippen LogP contribution is 2.45. The molecule has 212 valence electrons. The van der Waals surface area contributed by atoms with E-state index >= 15 is 0 Å². The molecule has 6 rings (SSSR count). The van der Waals surface area contributed by atoms with Gasteiger partial charge in [0.05, 0.1) is 31.3 Å². The van der Waals surface area contributed by atoms with Gasteiger partial charge in [0.25, 0.3) is 5.91 Å². The number of anilines is 1. The van der Waals surface area contributed by atoms with E-state index in [1.54, 1.807) is 24.0 Å². The number of amides is 2. The lowest BCUT2D eigenvalue weighted by Gasteiger charge is -2.40. The van der Waals surface area contributed by atoms with Crippen molar-refractivity contribution < 1.29 is 19.1 Å². The fraction of sp³-hybridized carbons (Fsp3) is 0.200. The minimum atomic E-state index is -0.516. The summed E-state index contributed by atoms with van der Waals surface area (Å²) in [7, 11) is 3.24. The molecule has 7 nitrogen and oxygen atoms in total. The van der Waals surface area contributed by atoms with E-state index in [-0.39, 0.29) is 24.4 Å². The highest BCUT2D eigenvalue weighted by molar-refractivity contribution is 6.04. The molecule has 4 aromatic carbocycles. The SMILES string of the molecule is COc1ccc(OC)c(C2c3cccn3-c3ccccc3N2C(=O)CN(C(=O)c2ccc3ccccc3c2)C(C)C)c1. The average molecular weight is 560 g/mol. The number of hydrogen-bond acceptors (Lipinski definition) is 4. The molecule has 1 aliphatic heterocycles. The second kappa shape index (κ2) is 11.1. The molecule has 1 atom stereocenters. The summed E-state index contributed by atoms with van der Waals surface area (Å²) in [5.74, 6) is 0.907. The number of hydrogen-bond donors (Lipinski definition) is 0. The van der Waals surface area contributed by atoms with Crippen molar-refractivity contribution in [3.05, 3.63) is 120 Å². The first-order valence-electron chi connectivity index (χ1n) is 14.0. The third kappa shape index (κ3) is 4.67.